The molecule has 0 N–H and O–H groups in total. The zero-order valence-electron chi connectivity index (χ0n) is 17.7. The van der Waals surface area contributed by atoms with Gasteiger partial charge >= 0.3 is 0 Å². The first-order valence-electron chi connectivity index (χ1n) is 10.4. The number of hydrogen-bond donors (Lipinski definition) is 0. The van der Waals surface area contributed by atoms with Gasteiger partial charge in [-0.05, 0) is 43.2 Å². The highest BCUT2D eigenvalue weighted by molar-refractivity contribution is 5.92. The fraction of sp³-hybridized carbons (Fsp3) is 0.500. The lowest BCUT2D eigenvalue weighted by Crippen LogP contribution is -2.49. The van der Waals surface area contributed by atoms with E-state index in [1.807, 2.05) is 17.0 Å². The Balaban J connectivity index is 1.63. The fourth-order valence-electron chi connectivity index (χ4n) is 3.59. The Morgan fingerprint density at radius 3 is 2.28 bits per heavy atom. The van der Waals surface area contributed by atoms with Gasteiger partial charge in [-0.1, -0.05) is 13.8 Å². The molecule has 1 amide bonds. The Kier molecular flexibility index (Phi) is 7.27. The molecule has 0 radical (unpaired) electrons. The van der Waals surface area contributed by atoms with Crippen LogP contribution in [-0.4, -0.2) is 67.2 Å². The number of hydrogen-bond acceptors (Lipinski definition) is 6. The van der Waals surface area contributed by atoms with Crippen LogP contribution in [0.2, 0.25) is 0 Å². The highest BCUT2D eigenvalue weighted by Crippen LogP contribution is 2.21. The van der Waals surface area contributed by atoms with Gasteiger partial charge in [0, 0.05) is 51.2 Å². The predicted octanol–water partition coefficient (Wildman–Crippen LogP) is 3.07. The molecule has 1 saturated heterocycles. The highest BCUT2D eigenvalue weighted by Gasteiger charge is 2.24. The summed E-state index contributed by atoms with van der Waals surface area (Å²) in [4.78, 5) is 28.3. The molecule has 2 aromatic rings. The van der Waals surface area contributed by atoms with Gasteiger partial charge in [0.25, 0.3) is 5.91 Å². The third-order valence-corrected chi connectivity index (χ3v) is 5.14. The van der Waals surface area contributed by atoms with Crippen LogP contribution in [0.15, 0.2) is 36.5 Å². The normalized spacial score (nSPS) is 14.0. The summed E-state index contributed by atoms with van der Waals surface area (Å²) >= 11 is 0. The average molecular weight is 398 g/mol. The molecule has 7 nitrogen and oxygen atoms in total. The Hall–Kier alpha value is -2.83. The van der Waals surface area contributed by atoms with E-state index in [1.165, 1.54) is 0 Å². The van der Waals surface area contributed by atoms with Gasteiger partial charge < -0.3 is 19.4 Å². The summed E-state index contributed by atoms with van der Waals surface area (Å²) in [7, 11) is 1.67. The molecule has 3 rings (SSSR count). The number of carbonyl (C=O) groups excluding carboxylic acids is 1. The molecule has 1 aliphatic heterocycles. The maximum absolute atomic E-state index is 13.0. The standard InChI is InChI=1S/C22H31N5O2/c1-4-12-27(13-5-2)22-23-11-10-20(24-22)21(28)26-16-14-25(15-17-26)18-6-8-19(29-3)9-7-18/h6-11H,4-5,12-17H2,1-3H3. The van der Waals surface area contributed by atoms with Crippen molar-refractivity contribution in [2.75, 3.05) is 56.2 Å². The van der Waals surface area contributed by atoms with Crippen LogP contribution in [-0.2, 0) is 0 Å². The van der Waals surface area contributed by atoms with Crippen LogP contribution in [0.25, 0.3) is 0 Å². The molecular weight excluding hydrogens is 366 g/mol. The van der Waals surface area contributed by atoms with E-state index in [0.29, 0.717) is 24.7 Å². The number of piperazine rings is 1. The summed E-state index contributed by atoms with van der Waals surface area (Å²) < 4.78 is 5.22. The second-order valence-electron chi connectivity index (χ2n) is 7.21. The third-order valence-electron chi connectivity index (χ3n) is 5.14. The monoisotopic (exact) mass is 397 g/mol. The topological polar surface area (TPSA) is 61.8 Å². The lowest BCUT2D eigenvalue weighted by molar-refractivity contribution is 0.0740. The van der Waals surface area contributed by atoms with Crippen molar-refractivity contribution in [1.82, 2.24) is 14.9 Å². The molecule has 0 bridgehead atoms. The second-order valence-corrected chi connectivity index (χ2v) is 7.21. The minimum Gasteiger partial charge on any atom is -0.497 e. The molecule has 7 heteroatoms. The number of rotatable bonds is 8. The van der Waals surface area contributed by atoms with Crippen LogP contribution in [0.4, 0.5) is 11.6 Å². The van der Waals surface area contributed by atoms with Gasteiger partial charge in [0.15, 0.2) is 0 Å². The summed E-state index contributed by atoms with van der Waals surface area (Å²) in [6.45, 7) is 9.02. The van der Waals surface area contributed by atoms with Crippen LogP contribution < -0.4 is 14.5 Å². The van der Waals surface area contributed by atoms with Gasteiger partial charge in [-0.2, -0.15) is 0 Å². The van der Waals surface area contributed by atoms with E-state index in [1.54, 1.807) is 19.4 Å². The van der Waals surface area contributed by atoms with Crippen molar-refractivity contribution in [2.24, 2.45) is 0 Å². The maximum atomic E-state index is 13.0. The molecule has 156 valence electrons. The molecule has 29 heavy (non-hydrogen) atoms. The number of methoxy groups -OCH3 is 1. The minimum atomic E-state index is -0.0176. The fourth-order valence-corrected chi connectivity index (χ4v) is 3.59. The van der Waals surface area contributed by atoms with Gasteiger partial charge in [-0.3, -0.25) is 4.79 Å². The Labute approximate surface area is 173 Å². The molecule has 1 aromatic heterocycles. The quantitative estimate of drug-likeness (QED) is 0.682. The van der Waals surface area contributed by atoms with E-state index in [0.717, 1.165) is 50.5 Å². The van der Waals surface area contributed by atoms with Gasteiger partial charge in [-0.15, -0.1) is 0 Å². The molecule has 0 aliphatic carbocycles. The summed E-state index contributed by atoms with van der Waals surface area (Å²) in [5.74, 6) is 1.48. The molecule has 0 atom stereocenters. The maximum Gasteiger partial charge on any atom is 0.272 e. The van der Waals surface area contributed by atoms with Crippen molar-refractivity contribution >= 4 is 17.5 Å². The summed E-state index contributed by atoms with van der Waals surface area (Å²) in [5.41, 5.74) is 1.63. The first-order chi connectivity index (χ1) is 14.2. The van der Waals surface area contributed by atoms with Crippen molar-refractivity contribution in [3.63, 3.8) is 0 Å². The molecular formula is C22H31N5O2. The van der Waals surface area contributed by atoms with Gasteiger partial charge in [-0.25, -0.2) is 9.97 Å². The third kappa shape index (κ3) is 5.16. The number of nitrogens with zero attached hydrogens (tertiary/aromatic N) is 5. The van der Waals surface area contributed by atoms with Crippen molar-refractivity contribution in [3.8, 4) is 5.75 Å². The van der Waals surface area contributed by atoms with Gasteiger partial charge in [0.1, 0.15) is 11.4 Å². The number of carbonyl (C=O) groups is 1. The molecule has 1 aliphatic rings. The summed E-state index contributed by atoms with van der Waals surface area (Å²) in [6.07, 6.45) is 3.74. The number of benzene rings is 1. The van der Waals surface area contributed by atoms with Gasteiger partial charge in [0.05, 0.1) is 7.11 Å². The minimum absolute atomic E-state index is 0.0176. The van der Waals surface area contributed by atoms with E-state index in [9.17, 15) is 4.79 Å². The van der Waals surface area contributed by atoms with E-state index in [2.05, 4.69) is 45.7 Å². The molecule has 0 unspecified atom stereocenters. The number of anilines is 2. The molecule has 2 heterocycles. The van der Waals surface area contributed by atoms with Crippen LogP contribution in [0.5, 0.6) is 5.75 Å². The van der Waals surface area contributed by atoms with E-state index >= 15 is 0 Å². The van der Waals surface area contributed by atoms with Crippen LogP contribution in [0.3, 0.4) is 0 Å². The lowest BCUT2D eigenvalue weighted by Gasteiger charge is -2.36. The van der Waals surface area contributed by atoms with E-state index in [-0.39, 0.29) is 5.91 Å². The molecule has 1 aromatic carbocycles. The largest absolute Gasteiger partial charge is 0.497 e. The van der Waals surface area contributed by atoms with Crippen molar-refractivity contribution in [1.29, 1.82) is 0 Å². The van der Waals surface area contributed by atoms with E-state index < -0.39 is 0 Å². The van der Waals surface area contributed by atoms with Crippen LogP contribution in [0.1, 0.15) is 37.2 Å². The zero-order chi connectivity index (χ0) is 20.6. The second kappa shape index (κ2) is 10.1. The SMILES string of the molecule is CCCN(CCC)c1nccc(C(=O)N2CCN(c3ccc(OC)cc3)CC2)n1. The highest BCUT2D eigenvalue weighted by atomic mass is 16.5. The van der Waals surface area contributed by atoms with Crippen LogP contribution in [0, 0.1) is 0 Å². The molecule has 1 fully saturated rings. The summed E-state index contributed by atoms with van der Waals surface area (Å²) in [6, 6.07) is 9.77. The first kappa shape index (κ1) is 20.9. The van der Waals surface area contributed by atoms with Crippen LogP contribution >= 0.6 is 0 Å². The lowest BCUT2D eigenvalue weighted by atomic mass is 10.2. The summed E-state index contributed by atoms with van der Waals surface area (Å²) in [5, 5.41) is 0. The molecule has 0 saturated carbocycles. The Morgan fingerprint density at radius 2 is 1.69 bits per heavy atom. The predicted molar refractivity (Wildman–Crippen MR) is 116 cm³/mol. The number of amides is 1. The van der Waals surface area contributed by atoms with Crippen molar-refractivity contribution in [2.45, 2.75) is 26.7 Å². The zero-order valence-corrected chi connectivity index (χ0v) is 17.7. The van der Waals surface area contributed by atoms with E-state index in [4.69, 9.17) is 4.74 Å². The average Bonchev–Trinajstić information content (AvgIpc) is 2.79. The number of aromatic nitrogens is 2. The first-order valence-corrected chi connectivity index (χ1v) is 10.4. The van der Waals surface area contributed by atoms with Crippen molar-refractivity contribution < 1.29 is 9.53 Å². The Bertz CT molecular complexity index is 782. The molecule has 0 spiro atoms. The van der Waals surface area contributed by atoms with Crippen molar-refractivity contribution in [3.05, 3.63) is 42.2 Å². The number of ether oxygens (including phenoxy) is 1. The van der Waals surface area contributed by atoms with Gasteiger partial charge in [0.2, 0.25) is 5.95 Å². The Morgan fingerprint density at radius 1 is 1.03 bits per heavy atom. The smallest absolute Gasteiger partial charge is 0.272 e.